The molecule has 0 aliphatic heterocycles. The molecule has 0 unspecified atom stereocenters. The molecule has 192 valence electrons. The van der Waals surface area contributed by atoms with Crippen molar-refractivity contribution in [3.63, 3.8) is 0 Å². The Morgan fingerprint density at radius 1 is 1.03 bits per heavy atom. The average Bonchev–Trinajstić information content (AvgIpc) is 2.76. The second kappa shape index (κ2) is 14.7. The van der Waals surface area contributed by atoms with Crippen LogP contribution in [0.4, 0.5) is 8.78 Å². The fraction of sp³-hybridized carbons (Fsp3) is 0.391. The van der Waals surface area contributed by atoms with Crippen LogP contribution in [-0.2, 0) is 32.2 Å². The second-order valence-corrected chi connectivity index (χ2v) is 7.59. The van der Waals surface area contributed by atoms with Gasteiger partial charge in [-0.25, -0.2) is 13.6 Å². The van der Waals surface area contributed by atoms with E-state index in [9.17, 15) is 23.2 Å². The molecule has 4 N–H and O–H groups in total. The quantitative estimate of drug-likeness (QED) is 0.302. The van der Waals surface area contributed by atoms with E-state index < -0.39 is 42.2 Å². The van der Waals surface area contributed by atoms with Crippen LogP contribution >= 0.6 is 0 Å². The highest BCUT2D eigenvalue weighted by molar-refractivity contribution is 5.88. The molecule has 0 radical (unpaired) electrons. The predicted octanol–water partition coefficient (Wildman–Crippen LogP) is 2.15. The molecule has 35 heavy (non-hydrogen) atoms. The number of hydrogen-bond acceptors (Lipinski definition) is 7. The number of rotatable bonds is 13. The lowest BCUT2D eigenvalue weighted by atomic mass is 9.96. The van der Waals surface area contributed by atoms with Crippen molar-refractivity contribution >= 4 is 17.9 Å². The lowest BCUT2D eigenvalue weighted by Crippen LogP contribution is -2.42. The summed E-state index contributed by atoms with van der Waals surface area (Å²) < 4.78 is 32.2. The van der Waals surface area contributed by atoms with Gasteiger partial charge < -0.3 is 25.2 Å². The number of aromatic nitrogens is 1. The van der Waals surface area contributed by atoms with E-state index in [1.807, 2.05) is 23.1 Å². The highest BCUT2D eigenvalue weighted by Gasteiger charge is 2.40. The van der Waals surface area contributed by atoms with Crippen LogP contribution in [0.1, 0.15) is 30.5 Å². The fourth-order valence-electron chi connectivity index (χ4n) is 2.99. The van der Waals surface area contributed by atoms with Crippen molar-refractivity contribution in [1.29, 1.82) is 0 Å². The number of hydrogen-bond donors (Lipinski definition) is 4. The van der Waals surface area contributed by atoms with Crippen LogP contribution in [0.5, 0.6) is 0 Å². The van der Waals surface area contributed by atoms with E-state index in [1.165, 1.54) is 12.1 Å². The van der Waals surface area contributed by atoms with Crippen molar-refractivity contribution in [1.82, 2.24) is 9.88 Å². The molecule has 0 aliphatic carbocycles. The molecule has 1 aromatic carbocycles. The topological polar surface area (TPSA) is 157 Å². The number of pyridine rings is 1. The van der Waals surface area contributed by atoms with E-state index in [4.69, 9.17) is 25.2 Å². The number of benzene rings is 1. The molecule has 0 atom stereocenters. The van der Waals surface area contributed by atoms with Gasteiger partial charge in [0.05, 0.1) is 18.5 Å². The maximum atomic E-state index is 13.8. The Labute approximate surface area is 200 Å². The van der Waals surface area contributed by atoms with Crippen molar-refractivity contribution in [2.24, 2.45) is 0 Å². The van der Waals surface area contributed by atoms with E-state index in [2.05, 4.69) is 4.98 Å². The molecule has 0 saturated heterocycles. The van der Waals surface area contributed by atoms with Gasteiger partial charge in [-0.05, 0) is 36.8 Å². The van der Waals surface area contributed by atoms with Crippen molar-refractivity contribution in [2.75, 3.05) is 20.3 Å². The zero-order valence-electron chi connectivity index (χ0n) is 19.1. The highest BCUT2D eigenvalue weighted by Crippen LogP contribution is 2.16. The molecule has 1 aromatic heterocycles. The molecular weight excluding hydrogens is 470 g/mol. The van der Waals surface area contributed by atoms with E-state index in [0.29, 0.717) is 25.3 Å². The van der Waals surface area contributed by atoms with E-state index in [1.54, 1.807) is 13.3 Å². The summed E-state index contributed by atoms with van der Waals surface area (Å²) in [5.74, 6) is -5.83. The minimum atomic E-state index is -2.74. The van der Waals surface area contributed by atoms with Gasteiger partial charge in [0, 0.05) is 45.1 Å². The van der Waals surface area contributed by atoms with Gasteiger partial charge in [-0.15, -0.1) is 0 Å². The number of methoxy groups -OCH3 is 1. The summed E-state index contributed by atoms with van der Waals surface area (Å²) in [5, 5.41) is 33.8. The van der Waals surface area contributed by atoms with Gasteiger partial charge in [0.15, 0.2) is 5.60 Å². The fourth-order valence-corrected chi connectivity index (χ4v) is 2.99. The van der Waals surface area contributed by atoms with E-state index in [-0.39, 0.29) is 5.82 Å². The minimum Gasteiger partial charge on any atom is -0.481 e. The molecule has 2 rings (SSSR count). The number of aliphatic hydroxyl groups is 1. The molecule has 1 heterocycles. The summed E-state index contributed by atoms with van der Waals surface area (Å²) in [6, 6.07) is 9.23. The Bertz CT molecular complexity index is 959. The number of halogens is 2. The molecule has 0 fully saturated rings. The second-order valence-electron chi connectivity index (χ2n) is 7.59. The first-order valence-corrected chi connectivity index (χ1v) is 10.4. The number of carboxylic acid groups (broad SMARTS) is 3. The smallest absolute Gasteiger partial charge is 0.336 e. The van der Waals surface area contributed by atoms with Crippen LogP contribution in [0.3, 0.4) is 0 Å². The average molecular weight is 498 g/mol. The first kappa shape index (κ1) is 29.6. The number of aliphatic carboxylic acids is 3. The third-order valence-electron chi connectivity index (χ3n) is 4.62. The summed E-state index contributed by atoms with van der Waals surface area (Å²) >= 11 is 0. The largest absolute Gasteiger partial charge is 0.481 e. The zero-order chi connectivity index (χ0) is 26.4. The van der Waals surface area contributed by atoms with Gasteiger partial charge in [0.2, 0.25) is 0 Å². The van der Waals surface area contributed by atoms with Crippen LogP contribution in [0.2, 0.25) is 0 Å². The number of ether oxygens (including phenoxy) is 1. The summed E-state index contributed by atoms with van der Waals surface area (Å²) in [6.45, 7) is 2.27. The number of carbonyl (C=O) groups is 3. The predicted molar refractivity (Wildman–Crippen MR) is 118 cm³/mol. The van der Waals surface area contributed by atoms with Gasteiger partial charge in [-0.2, -0.15) is 0 Å². The molecule has 0 spiro atoms. The normalized spacial score (nSPS) is 11.0. The number of carboxylic acids is 3. The Balaban J connectivity index is 0.000000405. The standard InChI is InChI=1S/C17H20F2N2O.C6H8O7/c1-22-10-4-9-21(13-16-5-2-3-8-20-16)12-14-11-15(18)6-7-17(14)19;7-3(8)1-6(13,5(11)12)2-4(9)10/h2-3,5-8,11H,4,9-10,12-13H2,1H3;13H,1-2H2,(H,7,8)(H,9,10)(H,11,12). The summed E-state index contributed by atoms with van der Waals surface area (Å²) in [5.41, 5.74) is -1.48. The maximum absolute atomic E-state index is 13.8. The Morgan fingerprint density at radius 3 is 2.20 bits per heavy atom. The zero-order valence-corrected chi connectivity index (χ0v) is 19.1. The third kappa shape index (κ3) is 11.5. The summed E-state index contributed by atoms with van der Waals surface area (Å²) in [6.07, 6.45) is 0.259. The molecule has 0 amide bonds. The van der Waals surface area contributed by atoms with Crippen LogP contribution < -0.4 is 0 Å². The van der Waals surface area contributed by atoms with Crippen molar-refractivity contribution in [3.8, 4) is 0 Å². The van der Waals surface area contributed by atoms with Crippen LogP contribution in [0.15, 0.2) is 42.6 Å². The molecular formula is C23H28F2N2O8. The van der Waals surface area contributed by atoms with Gasteiger partial charge in [0.25, 0.3) is 0 Å². The monoisotopic (exact) mass is 498 g/mol. The van der Waals surface area contributed by atoms with E-state index >= 15 is 0 Å². The molecule has 10 nitrogen and oxygen atoms in total. The van der Waals surface area contributed by atoms with Crippen LogP contribution in [-0.4, -0.2) is 74.1 Å². The van der Waals surface area contributed by atoms with Crippen LogP contribution in [0, 0.1) is 11.6 Å². The lowest BCUT2D eigenvalue weighted by molar-refractivity contribution is -0.170. The Kier molecular flexibility index (Phi) is 12.4. The molecule has 0 bridgehead atoms. The highest BCUT2D eigenvalue weighted by atomic mass is 19.1. The first-order valence-electron chi connectivity index (χ1n) is 10.4. The van der Waals surface area contributed by atoms with Crippen molar-refractivity contribution in [3.05, 3.63) is 65.5 Å². The molecule has 0 aliphatic rings. The maximum Gasteiger partial charge on any atom is 0.336 e. The minimum absolute atomic E-state index is 0.337. The van der Waals surface area contributed by atoms with Crippen molar-refractivity contribution < 1.29 is 48.3 Å². The lowest BCUT2D eigenvalue weighted by Gasteiger charge is -2.22. The summed E-state index contributed by atoms with van der Waals surface area (Å²) in [4.78, 5) is 36.8. The summed E-state index contributed by atoms with van der Waals surface area (Å²) in [7, 11) is 1.65. The van der Waals surface area contributed by atoms with Gasteiger partial charge in [-0.1, -0.05) is 6.07 Å². The van der Waals surface area contributed by atoms with Gasteiger partial charge in [0.1, 0.15) is 11.6 Å². The first-order chi connectivity index (χ1) is 16.5. The SMILES string of the molecule is COCCCN(Cc1ccccn1)Cc1cc(F)ccc1F.O=C(O)CC(O)(CC(=O)O)C(=O)O. The van der Waals surface area contributed by atoms with Gasteiger partial charge in [-0.3, -0.25) is 19.5 Å². The molecule has 12 heteroatoms. The van der Waals surface area contributed by atoms with Gasteiger partial charge >= 0.3 is 17.9 Å². The molecule has 0 saturated carbocycles. The third-order valence-corrected chi connectivity index (χ3v) is 4.62. The molecule has 2 aromatic rings. The van der Waals surface area contributed by atoms with E-state index in [0.717, 1.165) is 24.7 Å². The Morgan fingerprint density at radius 2 is 1.69 bits per heavy atom. The Hall–Kier alpha value is -3.48. The van der Waals surface area contributed by atoms with Crippen molar-refractivity contribution in [2.45, 2.75) is 38.0 Å². The van der Waals surface area contributed by atoms with Crippen LogP contribution in [0.25, 0.3) is 0 Å². The number of nitrogens with zero attached hydrogens (tertiary/aromatic N) is 2.